The smallest absolute Gasteiger partial charge is 0.274 e. The summed E-state index contributed by atoms with van der Waals surface area (Å²) in [6, 6.07) is 14.3. The molecule has 3 aromatic rings. The lowest BCUT2D eigenvalue weighted by atomic mass is 9.51. The fourth-order valence-corrected chi connectivity index (χ4v) is 6.21. The fraction of sp³-hybridized carbons (Fsp3) is 0.190. The molecule has 8 heteroatoms. The number of hydrogen-bond donors (Lipinski definition) is 0. The van der Waals surface area contributed by atoms with Crippen LogP contribution >= 0.6 is 11.3 Å². The summed E-state index contributed by atoms with van der Waals surface area (Å²) in [7, 11) is 0. The Hall–Kier alpha value is -3.39. The summed E-state index contributed by atoms with van der Waals surface area (Å²) in [6.45, 7) is 0. The maximum atomic E-state index is 13.5. The van der Waals surface area contributed by atoms with E-state index in [-0.39, 0.29) is 10.1 Å². The Morgan fingerprint density at radius 3 is 2.17 bits per heavy atom. The number of carbonyl (C=O) groups is 2. The number of nitro groups is 1. The maximum absolute atomic E-state index is 13.5. The molecule has 1 aliphatic heterocycles. The number of nitrogens with zero attached hydrogens (tertiary/aromatic N) is 3. The molecule has 2 heterocycles. The highest BCUT2D eigenvalue weighted by molar-refractivity contribution is 7.14. The minimum Gasteiger partial charge on any atom is -0.274 e. The predicted molar refractivity (Wildman–Crippen MR) is 104 cm³/mol. The SMILES string of the molecule is O=C1[C@@H]2[C@@H](C(=O)N1c1nccs1)C1c3ccccc3C2([N+](=O)[O-])c2ccccc21. The molecule has 3 aliphatic carbocycles. The van der Waals surface area contributed by atoms with E-state index in [0.29, 0.717) is 11.1 Å². The van der Waals surface area contributed by atoms with Gasteiger partial charge in [0.25, 0.3) is 5.54 Å². The summed E-state index contributed by atoms with van der Waals surface area (Å²) in [4.78, 5) is 44.6. The largest absolute Gasteiger partial charge is 0.285 e. The molecule has 7 nitrogen and oxygen atoms in total. The number of carbonyl (C=O) groups excluding carboxylic acids is 2. The van der Waals surface area contributed by atoms with Gasteiger partial charge in [-0.25, -0.2) is 9.88 Å². The number of imide groups is 1. The molecule has 0 saturated carbocycles. The van der Waals surface area contributed by atoms with Crippen molar-refractivity contribution >= 4 is 28.3 Å². The van der Waals surface area contributed by atoms with Gasteiger partial charge in [0.05, 0.1) is 5.92 Å². The van der Waals surface area contributed by atoms with Crippen LogP contribution in [-0.4, -0.2) is 21.7 Å². The molecule has 1 saturated heterocycles. The second-order valence-electron chi connectivity index (χ2n) is 7.51. The lowest BCUT2D eigenvalue weighted by Crippen LogP contribution is -2.57. The minimum atomic E-state index is -1.79. The minimum absolute atomic E-state index is 0.264. The van der Waals surface area contributed by atoms with Crippen LogP contribution in [0.5, 0.6) is 0 Å². The van der Waals surface area contributed by atoms with E-state index in [9.17, 15) is 19.7 Å². The third-order valence-corrected chi connectivity index (χ3v) is 7.23. The van der Waals surface area contributed by atoms with Gasteiger partial charge in [0.1, 0.15) is 5.92 Å². The number of rotatable bonds is 2. The van der Waals surface area contributed by atoms with Crippen molar-refractivity contribution < 1.29 is 14.5 Å². The van der Waals surface area contributed by atoms with E-state index in [2.05, 4.69) is 4.98 Å². The topological polar surface area (TPSA) is 93.4 Å². The normalized spacial score (nSPS) is 28.8. The summed E-state index contributed by atoms with van der Waals surface area (Å²) in [5.74, 6) is -3.25. The van der Waals surface area contributed by atoms with Crippen molar-refractivity contribution in [3.05, 3.63) is 92.5 Å². The second kappa shape index (κ2) is 5.36. The van der Waals surface area contributed by atoms with E-state index >= 15 is 0 Å². The monoisotopic (exact) mass is 403 g/mol. The molecule has 1 aromatic heterocycles. The zero-order valence-corrected chi connectivity index (χ0v) is 15.7. The van der Waals surface area contributed by atoms with Crippen LogP contribution in [0, 0.1) is 22.0 Å². The first kappa shape index (κ1) is 16.6. The van der Waals surface area contributed by atoms with E-state index in [0.717, 1.165) is 16.0 Å². The fourth-order valence-electron chi connectivity index (χ4n) is 5.56. The van der Waals surface area contributed by atoms with Crippen LogP contribution < -0.4 is 4.90 Å². The van der Waals surface area contributed by atoms with Gasteiger partial charge in [-0.15, -0.1) is 11.3 Å². The molecule has 2 atom stereocenters. The summed E-state index contributed by atoms with van der Waals surface area (Å²) >= 11 is 1.17. The molecule has 7 rings (SSSR count). The van der Waals surface area contributed by atoms with Crippen molar-refractivity contribution in [2.24, 2.45) is 11.8 Å². The van der Waals surface area contributed by atoms with E-state index in [1.54, 1.807) is 29.6 Å². The first-order valence-electron chi connectivity index (χ1n) is 9.19. The number of amides is 2. The van der Waals surface area contributed by atoms with Gasteiger partial charge in [0.2, 0.25) is 11.8 Å². The van der Waals surface area contributed by atoms with Gasteiger partial charge < -0.3 is 0 Å². The Morgan fingerprint density at radius 2 is 1.62 bits per heavy atom. The molecular weight excluding hydrogens is 390 g/mol. The van der Waals surface area contributed by atoms with Gasteiger partial charge in [-0.2, -0.15) is 0 Å². The van der Waals surface area contributed by atoms with Crippen molar-refractivity contribution in [1.29, 1.82) is 0 Å². The van der Waals surface area contributed by atoms with Crippen molar-refractivity contribution in [3.8, 4) is 0 Å². The molecule has 0 N–H and O–H groups in total. The Balaban J connectivity index is 1.72. The van der Waals surface area contributed by atoms with Gasteiger partial charge >= 0.3 is 0 Å². The Morgan fingerprint density at radius 1 is 1.00 bits per heavy atom. The molecule has 2 aromatic carbocycles. The van der Waals surface area contributed by atoms with Crippen LogP contribution in [0.15, 0.2) is 60.1 Å². The number of anilines is 1. The zero-order valence-electron chi connectivity index (χ0n) is 14.9. The van der Waals surface area contributed by atoms with Crippen molar-refractivity contribution in [3.63, 3.8) is 0 Å². The van der Waals surface area contributed by atoms with Gasteiger partial charge in [-0.1, -0.05) is 48.5 Å². The summed E-state index contributed by atoms with van der Waals surface area (Å²) < 4.78 is 0. The Kier molecular flexibility index (Phi) is 3.06. The van der Waals surface area contributed by atoms with Crippen LogP contribution in [0.4, 0.5) is 5.13 Å². The van der Waals surface area contributed by atoms with Gasteiger partial charge in [0.15, 0.2) is 5.13 Å². The van der Waals surface area contributed by atoms with E-state index in [1.807, 2.05) is 24.3 Å². The highest BCUT2D eigenvalue weighted by Gasteiger charge is 2.75. The standard InChI is InChI=1S/C21H13N3O4S/c25-18-16-15-11-5-1-3-7-13(11)21(24(27)28,14-8-4-2-6-12(14)15)17(16)19(26)23(18)20-22-9-10-29-20/h1-10,15-17H/t15?,16-,17-,21?/m0/s1. The summed E-state index contributed by atoms with van der Waals surface area (Å²) in [6.07, 6.45) is 1.52. The molecule has 0 unspecified atom stereocenters. The lowest BCUT2D eigenvalue weighted by Gasteiger charge is -2.48. The van der Waals surface area contributed by atoms with Crippen LogP contribution in [0.1, 0.15) is 28.2 Å². The zero-order chi connectivity index (χ0) is 19.9. The highest BCUT2D eigenvalue weighted by atomic mass is 32.1. The second-order valence-corrected chi connectivity index (χ2v) is 8.38. The molecule has 142 valence electrons. The number of thiazole rings is 1. The molecule has 2 amide bonds. The average Bonchev–Trinajstić information content (AvgIpc) is 3.35. The van der Waals surface area contributed by atoms with Gasteiger partial charge in [-0.3, -0.25) is 19.7 Å². The molecule has 4 aliphatic rings. The number of aromatic nitrogens is 1. The van der Waals surface area contributed by atoms with Gasteiger partial charge in [-0.05, 0) is 11.1 Å². The predicted octanol–water partition coefficient (Wildman–Crippen LogP) is 2.93. The van der Waals surface area contributed by atoms with Crippen LogP contribution in [0.2, 0.25) is 0 Å². The molecule has 0 spiro atoms. The van der Waals surface area contributed by atoms with Crippen molar-refractivity contribution in [1.82, 2.24) is 4.98 Å². The van der Waals surface area contributed by atoms with Crippen LogP contribution in [0.25, 0.3) is 0 Å². The summed E-state index contributed by atoms with van der Waals surface area (Å²) in [5.41, 5.74) is 0.748. The first-order valence-corrected chi connectivity index (χ1v) is 10.1. The number of benzene rings is 2. The molecule has 2 bridgehead atoms. The van der Waals surface area contributed by atoms with Crippen molar-refractivity contribution in [2.75, 3.05) is 4.90 Å². The third-order valence-electron chi connectivity index (χ3n) is 6.47. The lowest BCUT2D eigenvalue weighted by molar-refractivity contribution is -0.578. The van der Waals surface area contributed by atoms with E-state index in [1.165, 1.54) is 17.5 Å². The molecule has 1 fully saturated rings. The van der Waals surface area contributed by atoms with E-state index < -0.39 is 35.1 Å². The maximum Gasteiger partial charge on any atom is 0.285 e. The highest BCUT2D eigenvalue weighted by Crippen LogP contribution is 2.64. The summed E-state index contributed by atoms with van der Waals surface area (Å²) in [5, 5.41) is 14.7. The molecule has 0 radical (unpaired) electrons. The Labute approximate surface area is 168 Å². The first-order chi connectivity index (χ1) is 14.1. The quantitative estimate of drug-likeness (QED) is 0.373. The van der Waals surface area contributed by atoms with Crippen molar-refractivity contribution in [2.45, 2.75) is 11.5 Å². The Bertz CT molecular complexity index is 1170. The van der Waals surface area contributed by atoms with Crippen LogP contribution in [-0.2, 0) is 15.1 Å². The van der Waals surface area contributed by atoms with Gasteiger partial charge in [0, 0.05) is 33.5 Å². The molecular formula is C21H13N3O4S. The van der Waals surface area contributed by atoms with E-state index in [4.69, 9.17) is 0 Å². The van der Waals surface area contributed by atoms with Crippen LogP contribution in [0.3, 0.4) is 0 Å². The average molecular weight is 403 g/mol. The molecule has 29 heavy (non-hydrogen) atoms. The number of hydrogen-bond acceptors (Lipinski definition) is 6. The third kappa shape index (κ3) is 1.72.